The Hall–Kier alpha value is -2.43. The van der Waals surface area contributed by atoms with Gasteiger partial charge in [-0.25, -0.2) is 4.98 Å². The van der Waals surface area contributed by atoms with E-state index < -0.39 is 29.8 Å². The van der Waals surface area contributed by atoms with E-state index in [1.165, 1.54) is 13.4 Å². The molecule has 0 amide bonds. The first-order valence-electron chi connectivity index (χ1n) is 10.2. The van der Waals surface area contributed by atoms with Crippen LogP contribution in [0.3, 0.4) is 0 Å². The number of nitrogens with zero attached hydrogens (tertiary/aromatic N) is 3. The largest absolute Gasteiger partial charge is 0.397 e. The van der Waals surface area contributed by atoms with Crippen LogP contribution in [-0.4, -0.2) is 49.4 Å². The quantitative estimate of drug-likeness (QED) is 0.383. The summed E-state index contributed by atoms with van der Waals surface area (Å²) in [6, 6.07) is 8.78. The van der Waals surface area contributed by atoms with Gasteiger partial charge in [0.25, 0.3) is 0 Å². The lowest BCUT2D eigenvalue weighted by Gasteiger charge is -2.37. The summed E-state index contributed by atoms with van der Waals surface area (Å²) >= 11 is 6.00. The molecule has 0 bridgehead atoms. The van der Waals surface area contributed by atoms with Gasteiger partial charge in [0.15, 0.2) is 5.79 Å². The summed E-state index contributed by atoms with van der Waals surface area (Å²) in [6.07, 6.45) is 1.50. The lowest BCUT2D eigenvalue weighted by atomic mass is 9.89. The molecule has 0 aliphatic carbocycles. The minimum Gasteiger partial charge on any atom is -0.397 e. The molecular weight excluding hydrogens is 436 g/mol. The fraction of sp³-hybridized carbons (Fsp3) is 0.455. The number of aliphatic hydroxyl groups excluding tert-OH is 1. The van der Waals surface area contributed by atoms with Gasteiger partial charge in [0.05, 0.1) is 11.7 Å². The van der Waals surface area contributed by atoms with Gasteiger partial charge in [0, 0.05) is 17.6 Å². The highest BCUT2D eigenvalue weighted by molar-refractivity contribution is 6.30. The Morgan fingerprint density at radius 1 is 1.34 bits per heavy atom. The minimum absolute atomic E-state index is 0.378. The maximum atomic E-state index is 11.2. The van der Waals surface area contributed by atoms with Gasteiger partial charge < -0.3 is 34.1 Å². The molecule has 1 aromatic carbocycles. The van der Waals surface area contributed by atoms with Crippen LogP contribution in [0.15, 0.2) is 48.0 Å². The summed E-state index contributed by atoms with van der Waals surface area (Å²) in [7, 11) is 1.46. The average Bonchev–Trinajstić information content (AvgIpc) is 3.28. The van der Waals surface area contributed by atoms with Crippen molar-refractivity contribution in [3.8, 4) is 0 Å². The fourth-order valence-corrected chi connectivity index (χ4v) is 4.43. The summed E-state index contributed by atoms with van der Waals surface area (Å²) < 4.78 is 14.3. The van der Waals surface area contributed by atoms with E-state index in [2.05, 4.69) is 15.1 Å². The van der Waals surface area contributed by atoms with Crippen molar-refractivity contribution in [2.75, 3.05) is 7.11 Å². The maximum Gasteiger partial charge on any atom is 0.203 e. The molecule has 1 aliphatic heterocycles. The van der Waals surface area contributed by atoms with Crippen LogP contribution in [0, 0.1) is 0 Å². The molecule has 1 fully saturated rings. The number of hydrogen-bond acceptors (Lipinski definition) is 7. The van der Waals surface area contributed by atoms with Gasteiger partial charge in [-0.1, -0.05) is 28.9 Å². The molecule has 4 atom stereocenters. The van der Waals surface area contributed by atoms with Crippen molar-refractivity contribution >= 4 is 22.6 Å². The minimum atomic E-state index is -1.43. The highest BCUT2D eigenvalue weighted by Crippen LogP contribution is 2.46. The summed E-state index contributed by atoms with van der Waals surface area (Å²) in [5.41, 5.74) is 0.810. The Balaban J connectivity index is 1.73. The van der Waals surface area contributed by atoms with Crippen LogP contribution in [0.2, 0.25) is 5.02 Å². The van der Waals surface area contributed by atoms with Gasteiger partial charge in [0.2, 0.25) is 5.49 Å². The van der Waals surface area contributed by atoms with E-state index in [-0.39, 0.29) is 0 Å². The number of benzene rings is 1. The molecule has 4 unspecified atom stereocenters. The van der Waals surface area contributed by atoms with E-state index in [0.717, 1.165) is 11.0 Å². The van der Waals surface area contributed by atoms with Crippen molar-refractivity contribution in [1.29, 1.82) is 0 Å². The lowest BCUT2D eigenvalue weighted by molar-refractivity contribution is -0.261. The average molecular weight is 463 g/mol. The van der Waals surface area contributed by atoms with Crippen molar-refractivity contribution in [3.63, 3.8) is 0 Å². The summed E-state index contributed by atoms with van der Waals surface area (Å²) in [5.74, 6) is -1.43. The van der Waals surface area contributed by atoms with E-state index in [9.17, 15) is 10.2 Å². The normalized spacial score (nSPS) is 25.4. The first kappa shape index (κ1) is 22.8. The molecule has 9 nitrogen and oxygen atoms in total. The first-order valence-corrected chi connectivity index (χ1v) is 10.6. The van der Waals surface area contributed by atoms with E-state index in [1.54, 1.807) is 38.1 Å². The number of fused-ring (bicyclic) bond motifs is 1. The first-order chi connectivity index (χ1) is 15.1. The van der Waals surface area contributed by atoms with Crippen molar-refractivity contribution in [2.45, 2.75) is 57.0 Å². The van der Waals surface area contributed by atoms with Crippen LogP contribution in [0.25, 0.3) is 11.0 Å². The molecule has 2 aromatic heterocycles. The number of aromatic amines is 1. The number of aliphatic hydroxyl groups is 2. The van der Waals surface area contributed by atoms with Crippen LogP contribution in [0.4, 0.5) is 0 Å². The standard InChI is InChI=1S/C22H27ClN4O5/c1-21(2,29)32-22(3)11-16(31-18(22)17(28)13-5-7-14(23)8-6-13)27-10-9-15-19(26-30-4)24-12-25-20(15)27/h5-10,12,16-18,28-29H,11H2,1-4H3,(H,24,25,26). The number of H-pyrrole nitrogens is 1. The van der Waals surface area contributed by atoms with E-state index >= 15 is 0 Å². The van der Waals surface area contributed by atoms with Crippen molar-refractivity contribution in [2.24, 2.45) is 5.16 Å². The molecule has 32 heavy (non-hydrogen) atoms. The van der Waals surface area contributed by atoms with Crippen LogP contribution < -0.4 is 5.49 Å². The molecule has 1 saturated heterocycles. The van der Waals surface area contributed by atoms with Gasteiger partial charge in [-0.3, -0.25) is 0 Å². The second-order valence-corrected chi connectivity index (χ2v) is 9.00. The second kappa shape index (κ2) is 8.49. The highest BCUT2D eigenvalue weighted by atomic mass is 35.5. The van der Waals surface area contributed by atoms with Crippen molar-refractivity contribution in [3.05, 3.63) is 58.9 Å². The van der Waals surface area contributed by atoms with Gasteiger partial charge in [0.1, 0.15) is 36.8 Å². The zero-order valence-corrected chi connectivity index (χ0v) is 19.1. The molecule has 1 aliphatic rings. The van der Waals surface area contributed by atoms with Crippen LogP contribution in [0.5, 0.6) is 0 Å². The zero-order valence-electron chi connectivity index (χ0n) is 18.3. The Bertz CT molecular complexity index is 1150. The van der Waals surface area contributed by atoms with Crippen LogP contribution in [0.1, 0.15) is 45.1 Å². The van der Waals surface area contributed by atoms with Crippen LogP contribution >= 0.6 is 11.6 Å². The third-order valence-corrected chi connectivity index (χ3v) is 5.75. The number of hydrogen-bond donors (Lipinski definition) is 3. The van der Waals surface area contributed by atoms with Gasteiger partial charge in [-0.2, -0.15) is 0 Å². The molecule has 0 spiro atoms. The Kier molecular flexibility index (Phi) is 6.04. The van der Waals surface area contributed by atoms with E-state index in [1.807, 2.05) is 23.8 Å². The molecule has 172 valence electrons. The summed E-state index contributed by atoms with van der Waals surface area (Å²) in [5, 5.41) is 26.9. The van der Waals surface area contributed by atoms with Gasteiger partial charge in [-0.15, -0.1) is 0 Å². The number of aromatic nitrogens is 3. The molecule has 10 heteroatoms. The molecule has 3 N–H and O–H groups in total. The van der Waals surface area contributed by atoms with Gasteiger partial charge >= 0.3 is 0 Å². The topological polar surface area (TPSA) is 114 Å². The third-order valence-electron chi connectivity index (χ3n) is 5.50. The molecule has 4 rings (SSSR count). The molecule has 0 saturated carbocycles. The van der Waals surface area contributed by atoms with Crippen molar-refractivity contribution in [1.82, 2.24) is 14.5 Å². The number of halogens is 1. The second-order valence-electron chi connectivity index (χ2n) is 8.56. The fourth-order valence-electron chi connectivity index (χ4n) is 4.30. The predicted molar refractivity (Wildman–Crippen MR) is 117 cm³/mol. The maximum absolute atomic E-state index is 11.2. The highest BCUT2D eigenvalue weighted by Gasteiger charge is 2.52. The third kappa shape index (κ3) is 4.39. The summed E-state index contributed by atoms with van der Waals surface area (Å²) in [6.45, 7) is 4.94. The number of ether oxygens (including phenoxy) is 2. The Labute approximate surface area is 190 Å². The number of rotatable bonds is 6. The molecule has 3 aromatic rings. The molecular formula is C22H27ClN4O5. The molecule has 0 radical (unpaired) electrons. The van der Waals surface area contributed by atoms with E-state index in [0.29, 0.717) is 22.5 Å². The zero-order chi connectivity index (χ0) is 23.1. The van der Waals surface area contributed by atoms with Crippen LogP contribution in [-0.2, 0) is 14.3 Å². The predicted octanol–water partition coefficient (Wildman–Crippen LogP) is 3.00. The molecule has 3 heterocycles. The lowest BCUT2D eigenvalue weighted by Crippen LogP contribution is -2.47. The summed E-state index contributed by atoms with van der Waals surface area (Å²) in [4.78, 5) is 12.2. The SMILES string of the molecule is CO/N=c1\nc[nH]c2c1ccn2C1CC(C)(OC(C)(C)O)C(C(O)c2ccc(Cl)cc2)O1. The van der Waals surface area contributed by atoms with Gasteiger partial charge in [-0.05, 0) is 44.5 Å². The Morgan fingerprint density at radius 3 is 2.72 bits per heavy atom. The monoisotopic (exact) mass is 462 g/mol. The Morgan fingerprint density at radius 2 is 2.06 bits per heavy atom. The smallest absolute Gasteiger partial charge is 0.203 e. The van der Waals surface area contributed by atoms with E-state index in [4.69, 9.17) is 25.9 Å². The van der Waals surface area contributed by atoms with Crippen molar-refractivity contribution < 1.29 is 24.5 Å². The number of nitrogens with one attached hydrogen (secondary N) is 1.